The van der Waals surface area contributed by atoms with Gasteiger partial charge in [-0.15, -0.1) is 0 Å². The van der Waals surface area contributed by atoms with Crippen molar-refractivity contribution >= 4 is 5.97 Å². The molecule has 0 saturated heterocycles. The Bertz CT molecular complexity index is 247. The number of hydrogen-bond acceptors (Lipinski definition) is 3. The van der Waals surface area contributed by atoms with Crippen LogP contribution in [0.4, 0.5) is 0 Å². The molecule has 0 bridgehead atoms. The first-order valence-corrected chi connectivity index (χ1v) is 5.49. The number of carboxylic acid groups (broad SMARTS) is 1. The molecular formula is C12H23NO3. The smallest absolute Gasteiger partial charge is 0.330 e. The first-order valence-electron chi connectivity index (χ1n) is 5.49. The van der Waals surface area contributed by atoms with E-state index >= 15 is 0 Å². The maximum absolute atomic E-state index is 10.5. The van der Waals surface area contributed by atoms with Gasteiger partial charge in [0.05, 0.1) is 0 Å². The van der Waals surface area contributed by atoms with Crippen molar-refractivity contribution in [3.8, 4) is 0 Å². The lowest BCUT2D eigenvalue weighted by molar-refractivity contribution is -0.132. The molecule has 0 aliphatic rings. The number of carboxylic acids is 1. The van der Waals surface area contributed by atoms with E-state index < -0.39 is 5.97 Å². The Kier molecular flexibility index (Phi) is 7.01. The van der Waals surface area contributed by atoms with Crippen molar-refractivity contribution in [3.05, 3.63) is 11.6 Å². The average Bonchev–Trinajstić information content (AvgIpc) is 2.21. The topological polar surface area (TPSA) is 58.6 Å². The molecule has 0 rings (SSSR count). The van der Waals surface area contributed by atoms with E-state index in [1.54, 1.807) is 20.1 Å². The van der Waals surface area contributed by atoms with Crippen molar-refractivity contribution < 1.29 is 14.6 Å². The summed E-state index contributed by atoms with van der Waals surface area (Å²) < 4.78 is 5.04. The molecule has 0 radical (unpaired) electrons. The SMILES string of the molecule is COCCC(C)(C)CNC/C=C(/C)C(=O)O. The Morgan fingerprint density at radius 2 is 2.12 bits per heavy atom. The molecule has 0 aromatic rings. The standard InChI is InChI=1S/C12H23NO3/c1-10(11(14)15)5-7-13-9-12(2,3)6-8-16-4/h5,13H,6-9H2,1-4H3,(H,14,15)/b10-5-. The van der Waals surface area contributed by atoms with Gasteiger partial charge in [0.15, 0.2) is 0 Å². The lowest BCUT2D eigenvalue weighted by atomic mass is 9.90. The Morgan fingerprint density at radius 1 is 1.50 bits per heavy atom. The molecule has 0 aliphatic heterocycles. The van der Waals surface area contributed by atoms with Crippen molar-refractivity contribution in [1.82, 2.24) is 5.32 Å². The van der Waals surface area contributed by atoms with Gasteiger partial charge < -0.3 is 15.2 Å². The molecule has 4 heteroatoms. The van der Waals surface area contributed by atoms with E-state index in [2.05, 4.69) is 19.2 Å². The minimum absolute atomic E-state index is 0.168. The molecule has 94 valence electrons. The van der Waals surface area contributed by atoms with Crippen LogP contribution in [0.1, 0.15) is 27.2 Å². The molecule has 4 nitrogen and oxygen atoms in total. The largest absolute Gasteiger partial charge is 0.478 e. The average molecular weight is 229 g/mol. The Hall–Kier alpha value is -0.870. The summed E-state index contributed by atoms with van der Waals surface area (Å²) in [6.45, 7) is 8.10. The number of aliphatic carboxylic acids is 1. The predicted octanol–water partition coefficient (Wildman–Crippen LogP) is 1.67. The van der Waals surface area contributed by atoms with E-state index in [1.807, 2.05) is 0 Å². The van der Waals surface area contributed by atoms with E-state index in [1.165, 1.54) is 0 Å². The van der Waals surface area contributed by atoms with E-state index in [9.17, 15) is 4.79 Å². The zero-order valence-corrected chi connectivity index (χ0v) is 10.7. The highest BCUT2D eigenvalue weighted by molar-refractivity contribution is 5.85. The number of carbonyl (C=O) groups is 1. The van der Waals surface area contributed by atoms with Crippen molar-refractivity contribution in [2.75, 3.05) is 26.8 Å². The monoisotopic (exact) mass is 229 g/mol. The van der Waals surface area contributed by atoms with Gasteiger partial charge in [0.25, 0.3) is 0 Å². The Balaban J connectivity index is 3.80. The molecule has 0 amide bonds. The third kappa shape index (κ3) is 7.43. The molecule has 0 unspecified atom stereocenters. The summed E-state index contributed by atoms with van der Waals surface area (Å²) in [6.07, 6.45) is 2.67. The molecule has 0 spiro atoms. The summed E-state index contributed by atoms with van der Waals surface area (Å²) in [4.78, 5) is 10.5. The van der Waals surface area contributed by atoms with Crippen molar-refractivity contribution in [1.29, 1.82) is 0 Å². The normalized spacial score (nSPS) is 12.9. The van der Waals surface area contributed by atoms with Crippen molar-refractivity contribution in [3.63, 3.8) is 0 Å². The van der Waals surface area contributed by atoms with Crippen molar-refractivity contribution in [2.45, 2.75) is 27.2 Å². The number of hydrogen-bond donors (Lipinski definition) is 2. The minimum atomic E-state index is -0.861. The van der Waals surface area contributed by atoms with Gasteiger partial charge in [0.2, 0.25) is 0 Å². The second-order valence-corrected chi connectivity index (χ2v) is 4.73. The maximum atomic E-state index is 10.5. The van der Waals surface area contributed by atoms with Gasteiger partial charge in [0, 0.05) is 32.4 Å². The summed E-state index contributed by atoms with van der Waals surface area (Å²) in [5.74, 6) is -0.861. The molecule has 0 atom stereocenters. The highest BCUT2D eigenvalue weighted by Gasteiger charge is 2.16. The molecule has 0 fully saturated rings. The second-order valence-electron chi connectivity index (χ2n) is 4.73. The van der Waals surface area contributed by atoms with Crippen LogP contribution in [-0.2, 0) is 9.53 Å². The van der Waals surface area contributed by atoms with Crippen LogP contribution >= 0.6 is 0 Å². The lowest BCUT2D eigenvalue weighted by Crippen LogP contribution is -2.30. The van der Waals surface area contributed by atoms with Gasteiger partial charge >= 0.3 is 5.97 Å². The summed E-state index contributed by atoms with van der Waals surface area (Å²) in [5.41, 5.74) is 0.545. The van der Waals surface area contributed by atoms with Gasteiger partial charge in [-0.25, -0.2) is 4.79 Å². The van der Waals surface area contributed by atoms with E-state index in [0.29, 0.717) is 12.1 Å². The van der Waals surface area contributed by atoms with Crippen LogP contribution in [0.5, 0.6) is 0 Å². The van der Waals surface area contributed by atoms with Crippen LogP contribution in [0, 0.1) is 5.41 Å². The summed E-state index contributed by atoms with van der Waals surface area (Å²) in [5, 5.41) is 11.9. The van der Waals surface area contributed by atoms with Crippen LogP contribution in [0.15, 0.2) is 11.6 Å². The molecule has 0 saturated carbocycles. The van der Waals surface area contributed by atoms with Crippen LogP contribution in [0.2, 0.25) is 0 Å². The molecule has 0 aliphatic carbocycles. The van der Waals surface area contributed by atoms with Gasteiger partial charge in [-0.05, 0) is 18.8 Å². The highest BCUT2D eigenvalue weighted by Crippen LogP contribution is 2.18. The van der Waals surface area contributed by atoms with Crippen LogP contribution < -0.4 is 5.32 Å². The number of methoxy groups -OCH3 is 1. The molecule has 0 aromatic heterocycles. The van der Waals surface area contributed by atoms with Gasteiger partial charge in [-0.3, -0.25) is 0 Å². The second kappa shape index (κ2) is 7.41. The Labute approximate surface area is 97.7 Å². The first-order chi connectivity index (χ1) is 7.39. The quantitative estimate of drug-likeness (QED) is 0.491. The van der Waals surface area contributed by atoms with E-state index in [4.69, 9.17) is 9.84 Å². The molecule has 2 N–H and O–H groups in total. The van der Waals surface area contributed by atoms with Gasteiger partial charge in [0.1, 0.15) is 0 Å². The number of rotatable bonds is 8. The Morgan fingerprint density at radius 3 is 2.62 bits per heavy atom. The zero-order valence-electron chi connectivity index (χ0n) is 10.7. The molecule has 16 heavy (non-hydrogen) atoms. The lowest BCUT2D eigenvalue weighted by Gasteiger charge is -2.24. The summed E-state index contributed by atoms with van der Waals surface area (Å²) >= 11 is 0. The van der Waals surface area contributed by atoms with Gasteiger partial charge in [-0.1, -0.05) is 19.9 Å². The zero-order chi connectivity index (χ0) is 12.6. The van der Waals surface area contributed by atoms with Crippen LogP contribution in [-0.4, -0.2) is 37.9 Å². The van der Waals surface area contributed by atoms with Crippen LogP contribution in [0.25, 0.3) is 0 Å². The fraction of sp³-hybridized carbons (Fsp3) is 0.750. The fourth-order valence-corrected chi connectivity index (χ4v) is 1.19. The predicted molar refractivity (Wildman–Crippen MR) is 64.5 cm³/mol. The van der Waals surface area contributed by atoms with E-state index in [0.717, 1.165) is 19.6 Å². The fourth-order valence-electron chi connectivity index (χ4n) is 1.19. The molecule has 0 heterocycles. The molecular weight excluding hydrogens is 206 g/mol. The first kappa shape index (κ1) is 15.1. The summed E-state index contributed by atoms with van der Waals surface area (Å²) in [7, 11) is 1.70. The highest BCUT2D eigenvalue weighted by atomic mass is 16.5. The third-order valence-electron chi connectivity index (χ3n) is 2.48. The number of ether oxygens (including phenoxy) is 1. The van der Waals surface area contributed by atoms with Crippen LogP contribution in [0.3, 0.4) is 0 Å². The maximum Gasteiger partial charge on any atom is 0.330 e. The van der Waals surface area contributed by atoms with Crippen molar-refractivity contribution in [2.24, 2.45) is 5.41 Å². The number of nitrogens with one attached hydrogen (secondary N) is 1. The third-order valence-corrected chi connectivity index (χ3v) is 2.48. The minimum Gasteiger partial charge on any atom is -0.478 e. The van der Waals surface area contributed by atoms with E-state index in [-0.39, 0.29) is 5.41 Å². The summed E-state index contributed by atoms with van der Waals surface area (Å²) in [6, 6.07) is 0. The molecule has 0 aromatic carbocycles. The van der Waals surface area contributed by atoms with Gasteiger partial charge in [-0.2, -0.15) is 0 Å².